The number of hydrogen-bond acceptors (Lipinski definition) is 5. The van der Waals surface area contributed by atoms with E-state index in [-0.39, 0.29) is 10.7 Å². The van der Waals surface area contributed by atoms with Crippen LogP contribution >= 0.6 is 11.8 Å². The predicted molar refractivity (Wildman–Crippen MR) is 93.2 cm³/mol. The third-order valence-corrected chi connectivity index (χ3v) is 6.83. The van der Waals surface area contributed by atoms with Gasteiger partial charge in [-0.15, -0.1) is 11.8 Å². The lowest BCUT2D eigenvalue weighted by atomic mass is 9.92. The van der Waals surface area contributed by atoms with Gasteiger partial charge in [-0.25, -0.2) is 0 Å². The molecule has 0 radical (unpaired) electrons. The first kappa shape index (κ1) is 16.4. The normalized spacial score (nSPS) is 26.5. The summed E-state index contributed by atoms with van der Waals surface area (Å²) in [5.74, 6) is 1.84. The molecule has 0 bridgehead atoms. The average molecular weight is 348 g/mol. The first-order valence-corrected chi connectivity index (χ1v) is 9.75. The summed E-state index contributed by atoms with van der Waals surface area (Å²) in [5, 5.41) is 0. The van der Waals surface area contributed by atoms with E-state index in [1.165, 1.54) is 0 Å². The molecule has 3 saturated heterocycles. The van der Waals surface area contributed by atoms with E-state index in [4.69, 9.17) is 9.47 Å². The van der Waals surface area contributed by atoms with E-state index in [0.29, 0.717) is 12.0 Å². The Labute approximate surface area is 147 Å². The van der Waals surface area contributed by atoms with Gasteiger partial charge in [0.2, 0.25) is 0 Å². The molecule has 5 nitrogen and oxygen atoms in total. The van der Waals surface area contributed by atoms with Crippen LogP contribution in [0, 0.1) is 5.92 Å². The Morgan fingerprint density at radius 2 is 2.08 bits per heavy atom. The molecule has 1 unspecified atom stereocenters. The van der Waals surface area contributed by atoms with E-state index in [1.54, 1.807) is 24.5 Å². The lowest BCUT2D eigenvalue weighted by molar-refractivity contribution is -0.0118. The first-order valence-electron chi connectivity index (χ1n) is 8.77. The van der Waals surface area contributed by atoms with Crippen LogP contribution in [0.3, 0.4) is 0 Å². The van der Waals surface area contributed by atoms with Gasteiger partial charge in [0.05, 0.1) is 10.9 Å². The van der Waals surface area contributed by atoms with E-state index in [0.717, 1.165) is 63.5 Å². The number of amides is 1. The molecule has 1 aromatic heterocycles. The maximum Gasteiger partial charge on any atom is 0.254 e. The lowest BCUT2D eigenvalue weighted by Crippen LogP contribution is -2.60. The molecule has 0 N–H and O–H groups in total. The van der Waals surface area contributed by atoms with Crippen LogP contribution in [0.1, 0.15) is 29.6 Å². The summed E-state index contributed by atoms with van der Waals surface area (Å²) in [6.07, 6.45) is 7.01. The molecule has 4 rings (SSSR count). The van der Waals surface area contributed by atoms with E-state index < -0.39 is 0 Å². The van der Waals surface area contributed by atoms with Crippen molar-refractivity contribution in [3.63, 3.8) is 0 Å². The van der Waals surface area contributed by atoms with Gasteiger partial charge in [0.15, 0.2) is 0 Å². The predicted octanol–water partition coefficient (Wildman–Crippen LogP) is 2.22. The molecule has 0 aromatic carbocycles. The number of likely N-dealkylation sites (tertiary alicyclic amines) is 1. The highest BCUT2D eigenvalue weighted by Crippen LogP contribution is 2.46. The summed E-state index contributed by atoms with van der Waals surface area (Å²) >= 11 is 1.99. The van der Waals surface area contributed by atoms with Crippen molar-refractivity contribution in [1.82, 2.24) is 9.88 Å². The highest BCUT2D eigenvalue weighted by atomic mass is 32.2. The molecule has 1 spiro atoms. The Bertz CT molecular complexity index is 571. The van der Waals surface area contributed by atoms with Crippen LogP contribution in [-0.4, -0.2) is 65.3 Å². The van der Waals surface area contributed by atoms with Crippen molar-refractivity contribution in [3.05, 3.63) is 30.1 Å². The summed E-state index contributed by atoms with van der Waals surface area (Å²) in [5.41, 5.74) is 0.732. The standard InChI is InChI=1S/C18H24N2O3S/c21-17(15-1-5-19-6-2-15)20-12-18(13-20)9-16(11-24-18)23-10-14-3-7-22-8-4-14/h1-2,5-6,14,16H,3-4,7-13H2. The number of ether oxygens (including phenoxy) is 2. The van der Waals surface area contributed by atoms with Gasteiger partial charge in [-0.1, -0.05) is 0 Å². The van der Waals surface area contributed by atoms with Crippen molar-refractivity contribution in [2.45, 2.75) is 30.1 Å². The van der Waals surface area contributed by atoms with Crippen molar-refractivity contribution in [3.8, 4) is 0 Å². The van der Waals surface area contributed by atoms with Crippen LogP contribution < -0.4 is 0 Å². The SMILES string of the molecule is O=C(c1ccncc1)N1CC2(CC(OCC3CCOCC3)CS2)C1. The second-order valence-electron chi connectivity index (χ2n) is 7.11. The Morgan fingerprint density at radius 1 is 1.33 bits per heavy atom. The molecule has 0 saturated carbocycles. The van der Waals surface area contributed by atoms with Gasteiger partial charge in [0, 0.05) is 56.6 Å². The van der Waals surface area contributed by atoms with Crippen LogP contribution in [0.4, 0.5) is 0 Å². The molecule has 3 aliphatic rings. The van der Waals surface area contributed by atoms with Crippen molar-refractivity contribution >= 4 is 17.7 Å². The van der Waals surface area contributed by atoms with Crippen molar-refractivity contribution in [2.24, 2.45) is 5.92 Å². The summed E-state index contributed by atoms with van der Waals surface area (Å²) in [6.45, 7) is 4.31. The molecule has 1 atom stereocenters. The van der Waals surface area contributed by atoms with E-state index >= 15 is 0 Å². The third kappa shape index (κ3) is 3.46. The maximum atomic E-state index is 12.4. The molecule has 3 fully saturated rings. The summed E-state index contributed by atoms with van der Waals surface area (Å²) < 4.78 is 11.8. The van der Waals surface area contributed by atoms with Crippen molar-refractivity contribution in [2.75, 3.05) is 38.7 Å². The van der Waals surface area contributed by atoms with Gasteiger partial charge in [-0.2, -0.15) is 0 Å². The molecular formula is C18H24N2O3S. The Balaban J connectivity index is 1.23. The zero-order valence-electron chi connectivity index (χ0n) is 13.9. The number of nitrogens with zero attached hydrogens (tertiary/aromatic N) is 2. The summed E-state index contributed by atoms with van der Waals surface area (Å²) in [6, 6.07) is 3.57. The molecule has 130 valence electrons. The highest BCUT2D eigenvalue weighted by Gasteiger charge is 2.51. The molecule has 3 aliphatic heterocycles. The maximum absolute atomic E-state index is 12.4. The lowest BCUT2D eigenvalue weighted by Gasteiger charge is -2.47. The molecule has 6 heteroatoms. The fourth-order valence-electron chi connectivity index (χ4n) is 3.79. The monoisotopic (exact) mass is 348 g/mol. The van der Waals surface area contributed by atoms with E-state index in [1.807, 2.05) is 16.7 Å². The fraction of sp³-hybridized carbons (Fsp3) is 0.667. The Morgan fingerprint density at radius 3 is 2.83 bits per heavy atom. The zero-order chi connectivity index (χ0) is 16.4. The first-order chi connectivity index (χ1) is 11.7. The minimum absolute atomic E-state index is 0.121. The van der Waals surface area contributed by atoms with E-state index in [2.05, 4.69) is 4.98 Å². The quantitative estimate of drug-likeness (QED) is 0.835. The van der Waals surface area contributed by atoms with Crippen LogP contribution in [0.15, 0.2) is 24.5 Å². The number of carbonyl (C=O) groups is 1. The number of thioether (sulfide) groups is 1. The van der Waals surface area contributed by atoms with Crippen molar-refractivity contribution in [1.29, 1.82) is 0 Å². The topological polar surface area (TPSA) is 51.7 Å². The summed E-state index contributed by atoms with van der Waals surface area (Å²) in [7, 11) is 0. The third-order valence-electron chi connectivity index (χ3n) is 5.26. The van der Waals surface area contributed by atoms with Crippen LogP contribution in [-0.2, 0) is 9.47 Å². The zero-order valence-corrected chi connectivity index (χ0v) is 14.7. The van der Waals surface area contributed by atoms with Gasteiger partial charge >= 0.3 is 0 Å². The van der Waals surface area contributed by atoms with Gasteiger partial charge in [-0.05, 0) is 37.3 Å². The average Bonchev–Trinajstić information content (AvgIpc) is 3.04. The number of rotatable bonds is 4. The summed E-state index contributed by atoms with van der Waals surface area (Å²) in [4.78, 5) is 18.3. The smallest absolute Gasteiger partial charge is 0.254 e. The molecule has 4 heterocycles. The Hall–Kier alpha value is -1.11. The van der Waals surface area contributed by atoms with Gasteiger partial charge in [-0.3, -0.25) is 9.78 Å². The molecule has 1 aromatic rings. The van der Waals surface area contributed by atoms with Gasteiger partial charge in [0.25, 0.3) is 5.91 Å². The number of carbonyl (C=O) groups excluding carboxylic acids is 1. The van der Waals surface area contributed by atoms with Crippen LogP contribution in [0.25, 0.3) is 0 Å². The number of hydrogen-bond donors (Lipinski definition) is 0. The second-order valence-corrected chi connectivity index (χ2v) is 8.59. The highest BCUT2D eigenvalue weighted by molar-refractivity contribution is 8.01. The van der Waals surface area contributed by atoms with Crippen molar-refractivity contribution < 1.29 is 14.3 Å². The van der Waals surface area contributed by atoms with Crippen LogP contribution in [0.2, 0.25) is 0 Å². The van der Waals surface area contributed by atoms with Gasteiger partial charge < -0.3 is 14.4 Å². The van der Waals surface area contributed by atoms with Gasteiger partial charge in [0.1, 0.15) is 0 Å². The minimum atomic E-state index is 0.121. The number of aromatic nitrogens is 1. The number of pyridine rings is 1. The van der Waals surface area contributed by atoms with Crippen LogP contribution in [0.5, 0.6) is 0 Å². The molecule has 1 amide bonds. The largest absolute Gasteiger partial charge is 0.381 e. The fourth-order valence-corrected chi connectivity index (χ4v) is 5.34. The molecular weight excluding hydrogens is 324 g/mol. The Kier molecular flexibility index (Phi) is 4.79. The molecule has 24 heavy (non-hydrogen) atoms. The van der Waals surface area contributed by atoms with E-state index in [9.17, 15) is 4.79 Å². The molecule has 0 aliphatic carbocycles. The minimum Gasteiger partial charge on any atom is -0.381 e. The second kappa shape index (κ2) is 7.02.